The highest BCUT2D eigenvalue weighted by molar-refractivity contribution is 7.05. The Labute approximate surface area is 124 Å². The van der Waals surface area contributed by atoms with Crippen molar-refractivity contribution in [1.82, 2.24) is 19.6 Å². The van der Waals surface area contributed by atoms with Crippen molar-refractivity contribution in [3.05, 3.63) is 28.2 Å². The molecule has 0 unspecified atom stereocenters. The maximum Gasteiger partial charge on any atom is 0.130 e. The molecular formula is C14H21N5S. The van der Waals surface area contributed by atoms with Crippen molar-refractivity contribution in [1.29, 1.82) is 0 Å². The number of nitrogens with one attached hydrogen (secondary N) is 1. The predicted octanol–water partition coefficient (Wildman–Crippen LogP) is 3.50. The number of aromatic nitrogens is 4. The minimum Gasteiger partial charge on any atom is -0.365 e. The lowest BCUT2D eigenvalue weighted by Gasteiger charge is -2.10. The summed E-state index contributed by atoms with van der Waals surface area (Å²) in [6, 6.07) is 2.02. The second kappa shape index (κ2) is 6.26. The first-order valence-corrected chi connectivity index (χ1v) is 7.65. The molecule has 2 aromatic rings. The van der Waals surface area contributed by atoms with Gasteiger partial charge in [0.15, 0.2) is 0 Å². The number of hydrogen-bond donors (Lipinski definition) is 1. The van der Waals surface area contributed by atoms with E-state index in [1.54, 1.807) is 0 Å². The van der Waals surface area contributed by atoms with E-state index >= 15 is 0 Å². The van der Waals surface area contributed by atoms with E-state index in [1.807, 2.05) is 13.0 Å². The largest absolute Gasteiger partial charge is 0.365 e. The van der Waals surface area contributed by atoms with Gasteiger partial charge in [-0.05, 0) is 30.3 Å². The summed E-state index contributed by atoms with van der Waals surface area (Å²) >= 11 is 1.44. The molecule has 108 valence electrons. The lowest BCUT2D eigenvalue weighted by Crippen LogP contribution is -2.06. The minimum atomic E-state index is 0.393. The van der Waals surface area contributed by atoms with Gasteiger partial charge in [0, 0.05) is 11.8 Å². The van der Waals surface area contributed by atoms with Crippen molar-refractivity contribution in [2.24, 2.45) is 0 Å². The molecule has 0 aliphatic heterocycles. The van der Waals surface area contributed by atoms with Crippen molar-refractivity contribution < 1.29 is 0 Å². The first kappa shape index (κ1) is 14.8. The van der Waals surface area contributed by atoms with Gasteiger partial charge in [-0.25, -0.2) is 9.97 Å². The van der Waals surface area contributed by atoms with Gasteiger partial charge in [0.25, 0.3) is 0 Å². The van der Waals surface area contributed by atoms with Crippen LogP contribution < -0.4 is 5.32 Å². The summed E-state index contributed by atoms with van der Waals surface area (Å²) in [5.74, 6) is 2.45. The van der Waals surface area contributed by atoms with Gasteiger partial charge in [0.2, 0.25) is 0 Å². The fraction of sp³-hybridized carbons (Fsp3) is 0.571. The molecule has 6 heteroatoms. The van der Waals surface area contributed by atoms with E-state index in [4.69, 9.17) is 0 Å². The standard InChI is InChI=1S/C14H21N5S/c1-8(2)11-6-13(17-10(5)16-11)15-7-12-14(9(3)4)18-19-20-12/h6,8-9H,7H2,1-5H3,(H,15,16,17). The molecule has 0 radical (unpaired) electrons. The van der Waals surface area contributed by atoms with Crippen LogP contribution in [-0.2, 0) is 6.54 Å². The topological polar surface area (TPSA) is 63.6 Å². The first-order valence-electron chi connectivity index (χ1n) is 6.88. The normalized spacial score (nSPS) is 11.3. The molecular weight excluding hydrogens is 270 g/mol. The van der Waals surface area contributed by atoms with Gasteiger partial charge in [0.1, 0.15) is 11.6 Å². The zero-order valence-electron chi connectivity index (χ0n) is 12.6. The maximum absolute atomic E-state index is 4.45. The Morgan fingerprint density at radius 3 is 2.55 bits per heavy atom. The van der Waals surface area contributed by atoms with E-state index in [2.05, 4.69) is 52.6 Å². The Bertz CT molecular complexity index is 577. The van der Waals surface area contributed by atoms with Crippen molar-refractivity contribution in [3.8, 4) is 0 Å². The molecule has 0 spiro atoms. The highest BCUT2D eigenvalue weighted by Crippen LogP contribution is 2.21. The summed E-state index contributed by atoms with van der Waals surface area (Å²) < 4.78 is 4.04. The molecule has 2 heterocycles. The van der Waals surface area contributed by atoms with Gasteiger partial charge in [-0.15, -0.1) is 5.10 Å². The van der Waals surface area contributed by atoms with E-state index < -0.39 is 0 Å². The lowest BCUT2D eigenvalue weighted by molar-refractivity contribution is 0.793. The Balaban J connectivity index is 2.12. The number of anilines is 1. The molecule has 0 saturated heterocycles. The highest BCUT2D eigenvalue weighted by Gasteiger charge is 2.12. The van der Waals surface area contributed by atoms with Crippen LogP contribution in [0, 0.1) is 6.92 Å². The molecule has 0 aromatic carbocycles. The summed E-state index contributed by atoms with van der Waals surface area (Å²) in [6.07, 6.45) is 0. The molecule has 0 atom stereocenters. The van der Waals surface area contributed by atoms with Crippen molar-refractivity contribution in [3.63, 3.8) is 0 Å². The molecule has 0 aliphatic carbocycles. The summed E-state index contributed by atoms with van der Waals surface area (Å²) in [7, 11) is 0. The fourth-order valence-corrected chi connectivity index (χ4v) is 2.66. The van der Waals surface area contributed by atoms with Crippen LogP contribution in [0.15, 0.2) is 6.07 Å². The third-order valence-corrected chi connectivity index (χ3v) is 3.75. The second-order valence-corrected chi connectivity index (χ2v) is 6.31. The molecule has 0 saturated carbocycles. The Morgan fingerprint density at radius 2 is 1.90 bits per heavy atom. The lowest BCUT2D eigenvalue weighted by atomic mass is 10.1. The maximum atomic E-state index is 4.45. The molecule has 0 aliphatic rings. The van der Waals surface area contributed by atoms with Gasteiger partial charge in [-0.3, -0.25) is 0 Å². The molecule has 0 bridgehead atoms. The van der Waals surface area contributed by atoms with Crippen LogP contribution in [0.2, 0.25) is 0 Å². The Kier molecular flexibility index (Phi) is 4.65. The highest BCUT2D eigenvalue weighted by atomic mass is 32.1. The molecule has 20 heavy (non-hydrogen) atoms. The predicted molar refractivity (Wildman–Crippen MR) is 82.2 cm³/mol. The molecule has 0 fully saturated rings. The van der Waals surface area contributed by atoms with Gasteiger partial charge in [0.05, 0.1) is 17.1 Å². The third-order valence-electron chi connectivity index (χ3n) is 3.01. The SMILES string of the molecule is Cc1nc(NCc2snnc2C(C)C)cc(C(C)C)n1. The molecule has 5 nitrogen and oxygen atoms in total. The fourth-order valence-electron chi connectivity index (χ4n) is 1.92. The van der Waals surface area contributed by atoms with Crippen molar-refractivity contribution in [2.75, 3.05) is 5.32 Å². The van der Waals surface area contributed by atoms with Crippen molar-refractivity contribution >= 4 is 17.4 Å². The summed E-state index contributed by atoms with van der Waals surface area (Å²) in [4.78, 5) is 10.1. The Hall–Kier alpha value is -1.56. The zero-order valence-corrected chi connectivity index (χ0v) is 13.5. The van der Waals surface area contributed by atoms with Gasteiger partial charge >= 0.3 is 0 Å². The van der Waals surface area contributed by atoms with Crippen LogP contribution in [0.25, 0.3) is 0 Å². The monoisotopic (exact) mass is 291 g/mol. The third kappa shape index (κ3) is 3.50. The smallest absolute Gasteiger partial charge is 0.130 e. The van der Waals surface area contributed by atoms with Crippen LogP contribution >= 0.6 is 11.5 Å². The molecule has 0 amide bonds. The van der Waals surface area contributed by atoms with Gasteiger partial charge in [-0.2, -0.15) is 0 Å². The second-order valence-electron chi connectivity index (χ2n) is 5.47. The van der Waals surface area contributed by atoms with E-state index in [1.165, 1.54) is 16.4 Å². The van der Waals surface area contributed by atoms with Crippen LogP contribution in [0.5, 0.6) is 0 Å². The minimum absolute atomic E-state index is 0.393. The van der Waals surface area contributed by atoms with Gasteiger partial charge in [-0.1, -0.05) is 32.2 Å². The average Bonchev–Trinajstić information content (AvgIpc) is 2.84. The number of aryl methyl sites for hydroxylation is 1. The van der Waals surface area contributed by atoms with Crippen LogP contribution in [-0.4, -0.2) is 19.6 Å². The number of rotatable bonds is 5. The summed E-state index contributed by atoms with van der Waals surface area (Å²) in [5, 5.41) is 7.54. The molecule has 1 N–H and O–H groups in total. The van der Waals surface area contributed by atoms with Gasteiger partial charge < -0.3 is 5.32 Å². The molecule has 2 aromatic heterocycles. The van der Waals surface area contributed by atoms with Crippen LogP contribution in [0.4, 0.5) is 5.82 Å². The summed E-state index contributed by atoms with van der Waals surface area (Å²) in [6.45, 7) is 11.2. The molecule has 2 rings (SSSR count). The van der Waals surface area contributed by atoms with E-state index in [0.717, 1.165) is 23.0 Å². The van der Waals surface area contributed by atoms with Crippen LogP contribution in [0.3, 0.4) is 0 Å². The summed E-state index contributed by atoms with van der Waals surface area (Å²) in [5.41, 5.74) is 2.13. The quantitative estimate of drug-likeness (QED) is 0.913. The van der Waals surface area contributed by atoms with E-state index in [-0.39, 0.29) is 0 Å². The van der Waals surface area contributed by atoms with E-state index in [0.29, 0.717) is 18.4 Å². The number of nitrogens with zero attached hydrogens (tertiary/aromatic N) is 4. The van der Waals surface area contributed by atoms with Crippen molar-refractivity contribution in [2.45, 2.75) is 53.0 Å². The first-order chi connectivity index (χ1) is 9.47. The Morgan fingerprint density at radius 1 is 1.15 bits per heavy atom. The average molecular weight is 291 g/mol. The van der Waals surface area contributed by atoms with E-state index in [9.17, 15) is 0 Å². The number of hydrogen-bond acceptors (Lipinski definition) is 6. The van der Waals surface area contributed by atoms with Crippen LogP contribution in [0.1, 0.15) is 61.6 Å². The zero-order chi connectivity index (χ0) is 14.7.